The van der Waals surface area contributed by atoms with E-state index in [1.807, 2.05) is 30.9 Å². The molecule has 2 N–H and O–H groups in total. The van der Waals surface area contributed by atoms with Gasteiger partial charge in [-0.05, 0) is 74.4 Å². The molecule has 2 saturated heterocycles. The van der Waals surface area contributed by atoms with Crippen LogP contribution >= 0.6 is 11.6 Å². The molecule has 1 amide bonds. The number of nitrogens with zero attached hydrogens (tertiary/aromatic N) is 1. The summed E-state index contributed by atoms with van der Waals surface area (Å²) in [4.78, 5) is 15.4. The Morgan fingerprint density at radius 2 is 1.91 bits per heavy atom. The van der Waals surface area contributed by atoms with E-state index >= 15 is 0 Å². The summed E-state index contributed by atoms with van der Waals surface area (Å²) in [6.07, 6.45) is 2.03. The highest BCUT2D eigenvalue weighted by atomic mass is 35.5. The topological polar surface area (TPSA) is 53.6 Å². The number of halogens is 1. The maximum absolute atomic E-state index is 13.4. The molecule has 2 fully saturated rings. The van der Waals surface area contributed by atoms with Crippen molar-refractivity contribution in [2.24, 2.45) is 5.92 Å². The molecular formula is C26H32ClN3O2. The molecule has 5 nitrogen and oxygen atoms in total. The van der Waals surface area contributed by atoms with E-state index in [0.717, 1.165) is 73.2 Å². The van der Waals surface area contributed by atoms with Crippen molar-refractivity contribution in [2.75, 3.05) is 43.1 Å². The molecule has 0 aromatic heterocycles. The number of ether oxygens (including phenoxy) is 1. The van der Waals surface area contributed by atoms with E-state index in [1.165, 1.54) is 5.56 Å². The second-order valence-corrected chi connectivity index (χ2v) is 10.5. The Balaban J connectivity index is 1.47. The van der Waals surface area contributed by atoms with Crippen molar-refractivity contribution >= 4 is 28.9 Å². The molecule has 2 aromatic carbocycles. The van der Waals surface area contributed by atoms with Gasteiger partial charge < -0.3 is 20.3 Å². The second-order valence-electron chi connectivity index (χ2n) is 10.1. The highest BCUT2D eigenvalue weighted by molar-refractivity contribution is 6.31. The summed E-state index contributed by atoms with van der Waals surface area (Å²) in [6, 6.07) is 12.5. The minimum Gasteiger partial charge on any atom is -0.381 e. The van der Waals surface area contributed by atoms with Gasteiger partial charge >= 0.3 is 0 Å². The molecule has 0 radical (unpaired) electrons. The zero-order valence-electron chi connectivity index (χ0n) is 19.1. The minimum atomic E-state index is -0.502. The molecular weight excluding hydrogens is 422 g/mol. The summed E-state index contributed by atoms with van der Waals surface area (Å²) in [5.41, 5.74) is 4.82. The van der Waals surface area contributed by atoms with Crippen LogP contribution in [0.2, 0.25) is 5.02 Å². The van der Waals surface area contributed by atoms with E-state index in [-0.39, 0.29) is 11.4 Å². The number of carbonyl (C=O) groups is 1. The van der Waals surface area contributed by atoms with Crippen molar-refractivity contribution in [2.45, 2.75) is 44.6 Å². The first-order chi connectivity index (χ1) is 15.3. The third kappa shape index (κ3) is 3.51. The first-order valence-corrected chi connectivity index (χ1v) is 12.0. The molecule has 5 rings (SSSR count). The molecule has 3 heterocycles. The van der Waals surface area contributed by atoms with Gasteiger partial charge in [0.05, 0.1) is 11.0 Å². The summed E-state index contributed by atoms with van der Waals surface area (Å²) < 4.78 is 5.53. The van der Waals surface area contributed by atoms with Gasteiger partial charge in [0.1, 0.15) is 0 Å². The Morgan fingerprint density at radius 1 is 1.16 bits per heavy atom. The van der Waals surface area contributed by atoms with Crippen molar-refractivity contribution < 1.29 is 9.53 Å². The number of anilines is 2. The molecule has 32 heavy (non-hydrogen) atoms. The Labute approximate surface area is 195 Å². The standard InChI is InChI=1S/C26H32ClN3O2/c1-17-20(5-4-6-22(17)27)26(15-28-16-26)29-19-7-8-21-23(13-19)30(24(31)25(21,2)3)14-18-9-11-32-12-10-18/h4-8,13,18,28-29H,9-12,14-16H2,1-3H3. The first kappa shape index (κ1) is 21.7. The van der Waals surface area contributed by atoms with Crippen LogP contribution in [-0.2, 0) is 20.5 Å². The Bertz CT molecular complexity index is 1040. The number of hydrogen-bond acceptors (Lipinski definition) is 4. The third-order valence-corrected chi connectivity index (χ3v) is 7.95. The maximum Gasteiger partial charge on any atom is 0.237 e. The Morgan fingerprint density at radius 3 is 2.59 bits per heavy atom. The van der Waals surface area contributed by atoms with Crippen LogP contribution in [0.4, 0.5) is 11.4 Å². The van der Waals surface area contributed by atoms with Gasteiger partial charge in [-0.25, -0.2) is 0 Å². The first-order valence-electron chi connectivity index (χ1n) is 11.6. The largest absolute Gasteiger partial charge is 0.381 e. The summed E-state index contributed by atoms with van der Waals surface area (Å²) in [6.45, 7) is 10.2. The predicted molar refractivity (Wildman–Crippen MR) is 130 cm³/mol. The number of nitrogens with one attached hydrogen (secondary N) is 2. The Hall–Kier alpha value is -2.08. The number of carbonyl (C=O) groups excluding carboxylic acids is 1. The van der Waals surface area contributed by atoms with Crippen LogP contribution in [0, 0.1) is 12.8 Å². The molecule has 3 aliphatic rings. The number of rotatable bonds is 5. The van der Waals surface area contributed by atoms with E-state index in [9.17, 15) is 4.79 Å². The van der Waals surface area contributed by atoms with E-state index < -0.39 is 5.41 Å². The molecule has 170 valence electrons. The van der Waals surface area contributed by atoms with Crippen LogP contribution in [0.25, 0.3) is 0 Å². The summed E-state index contributed by atoms with van der Waals surface area (Å²) >= 11 is 6.44. The minimum absolute atomic E-state index is 0.196. The van der Waals surface area contributed by atoms with Gasteiger partial charge in [-0.3, -0.25) is 4.79 Å². The lowest BCUT2D eigenvalue weighted by molar-refractivity contribution is -0.122. The second kappa shape index (κ2) is 8.05. The average Bonchev–Trinajstić information content (AvgIpc) is 2.94. The number of benzene rings is 2. The molecule has 0 aliphatic carbocycles. The van der Waals surface area contributed by atoms with Crippen molar-refractivity contribution in [3.63, 3.8) is 0 Å². The fourth-order valence-corrected chi connectivity index (χ4v) is 5.59. The third-order valence-electron chi connectivity index (χ3n) is 7.54. The van der Waals surface area contributed by atoms with Crippen LogP contribution < -0.4 is 15.5 Å². The average molecular weight is 454 g/mol. The smallest absolute Gasteiger partial charge is 0.237 e. The van der Waals surface area contributed by atoms with Crippen LogP contribution in [0.1, 0.15) is 43.4 Å². The van der Waals surface area contributed by atoms with Crippen LogP contribution in [0.5, 0.6) is 0 Å². The van der Waals surface area contributed by atoms with Gasteiger partial charge in [-0.15, -0.1) is 0 Å². The van der Waals surface area contributed by atoms with Crippen molar-refractivity contribution in [1.82, 2.24) is 5.32 Å². The summed E-state index contributed by atoms with van der Waals surface area (Å²) in [5.74, 6) is 0.684. The van der Waals surface area contributed by atoms with Crippen LogP contribution in [0.15, 0.2) is 36.4 Å². The lowest BCUT2D eigenvalue weighted by atomic mass is 9.81. The fraction of sp³-hybridized carbons (Fsp3) is 0.500. The normalized spacial score (nSPS) is 21.9. The van der Waals surface area contributed by atoms with E-state index in [2.05, 4.69) is 41.8 Å². The molecule has 0 saturated carbocycles. The molecule has 3 aliphatic heterocycles. The van der Waals surface area contributed by atoms with Crippen molar-refractivity contribution in [3.05, 3.63) is 58.1 Å². The van der Waals surface area contributed by atoms with E-state index in [1.54, 1.807) is 0 Å². The van der Waals surface area contributed by atoms with Gasteiger partial charge in [0.15, 0.2) is 0 Å². The number of fused-ring (bicyclic) bond motifs is 1. The highest BCUT2D eigenvalue weighted by Crippen LogP contribution is 2.44. The quantitative estimate of drug-likeness (QED) is 0.694. The van der Waals surface area contributed by atoms with Crippen LogP contribution in [0.3, 0.4) is 0 Å². The van der Waals surface area contributed by atoms with Crippen molar-refractivity contribution in [1.29, 1.82) is 0 Å². The molecule has 0 unspecified atom stereocenters. The van der Waals surface area contributed by atoms with Gasteiger partial charge in [0.25, 0.3) is 0 Å². The van der Waals surface area contributed by atoms with Gasteiger partial charge in [-0.1, -0.05) is 29.8 Å². The molecule has 6 heteroatoms. The number of amides is 1. The number of hydrogen-bond donors (Lipinski definition) is 2. The fourth-order valence-electron chi connectivity index (χ4n) is 5.42. The zero-order valence-corrected chi connectivity index (χ0v) is 19.9. The maximum atomic E-state index is 13.4. The van der Waals surface area contributed by atoms with Crippen molar-refractivity contribution in [3.8, 4) is 0 Å². The molecule has 2 aromatic rings. The van der Waals surface area contributed by atoms with Crippen LogP contribution in [-0.4, -0.2) is 38.8 Å². The van der Waals surface area contributed by atoms with Gasteiger partial charge in [-0.2, -0.15) is 0 Å². The summed E-state index contributed by atoms with van der Waals surface area (Å²) in [7, 11) is 0. The molecule has 0 bridgehead atoms. The van der Waals surface area contributed by atoms with E-state index in [0.29, 0.717) is 5.92 Å². The predicted octanol–water partition coefficient (Wildman–Crippen LogP) is 4.61. The lowest BCUT2D eigenvalue weighted by Crippen LogP contribution is -2.61. The lowest BCUT2D eigenvalue weighted by Gasteiger charge is -2.45. The molecule has 0 atom stereocenters. The molecule has 0 spiro atoms. The van der Waals surface area contributed by atoms with Gasteiger partial charge in [0, 0.05) is 49.2 Å². The highest BCUT2D eigenvalue weighted by Gasteiger charge is 2.45. The van der Waals surface area contributed by atoms with Gasteiger partial charge in [0.2, 0.25) is 5.91 Å². The zero-order chi connectivity index (χ0) is 22.5. The van der Waals surface area contributed by atoms with E-state index in [4.69, 9.17) is 16.3 Å². The summed E-state index contributed by atoms with van der Waals surface area (Å²) in [5, 5.41) is 8.01. The SMILES string of the molecule is Cc1c(Cl)cccc1C1(Nc2ccc3c(c2)N(CC2CCOCC2)C(=O)C3(C)C)CNC1. The Kier molecular flexibility index (Phi) is 5.47. The monoisotopic (exact) mass is 453 g/mol.